The first kappa shape index (κ1) is 15.1. The van der Waals surface area contributed by atoms with E-state index in [-0.39, 0.29) is 18.0 Å². The van der Waals surface area contributed by atoms with Crippen molar-refractivity contribution in [2.75, 3.05) is 0 Å². The molecule has 1 N–H and O–H groups in total. The second kappa shape index (κ2) is 6.13. The summed E-state index contributed by atoms with van der Waals surface area (Å²) in [5, 5.41) is 14.0. The average molecular weight is 318 g/mol. The Balaban J connectivity index is 1.86. The summed E-state index contributed by atoms with van der Waals surface area (Å²) in [7, 11) is 0. The highest BCUT2D eigenvalue weighted by Gasteiger charge is 2.18. The van der Waals surface area contributed by atoms with Crippen LogP contribution >= 0.6 is 0 Å². The van der Waals surface area contributed by atoms with Gasteiger partial charge in [-0.15, -0.1) is 5.10 Å². The Labute approximate surface area is 129 Å². The van der Waals surface area contributed by atoms with Crippen LogP contribution in [0, 0.1) is 11.6 Å². The molecule has 0 radical (unpaired) electrons. The van der Waals surface area contributed by atoms with E-state index < -0.39 is 23.5 Å². The third kappa shape index (κ3) is 3.19. The van der Waals surface area contributed by atoms with Crippen LogP contribution in [0.5, 0.6) is 0 Å². The summed E-state index contributed by atoms with van der Waals surface area (Å²) in [5.41, 5.74) is 0.480. The molecule has 0 aliphatic carbocycles. The summed E-state index contributed by atoms with van der Waals surface area (Å²) < 4.78 is 32.4. The Morgan fingerprint density at radius 3 is 2.61 bits per heavy atom. The van der Waals surface area contributed by atoms with Crippen LogP contribution in [0.15, 0.2) is 57.7 Å². The van der Waals surface area contributed by atoms with Crippen molar-refractivity contribution in [1.29, 1.82) is 0 Å². The third-order valence-electron chi connectivity index (χ3n) is 3.29. The monoisotopic (exact) mass is 318 g/mol. The van der Waals surface area contributed by atoms with Crippen molar-refractivity contribution < 1.29 is 18.3 Å². The fourth-order valence-corrected chi connectivity index (χ4v) is 2.15. The summed E-state index contributed by atoms with van der Waals surface area (Å²) in [6, 6.07) is 11.6. The molecule has 1 aromatic heterocycles. The Hall–Kier alpha value is -2.80. The van der Waals surface area contributed by atoms with Crippen LogP contribution in [-0.2, 0) is 6.54 Å². The molecule has 1 atom stereocenters. The van der Waals surface area contributed by atoms with Crippen LogP contribution in [0.2, 0.25) is 0 Å². The summed E-state index contributed by atoms with van der Waals surface area (Å²) >= 11 is 0. The van der Waals surface area contributed by atoms with Crippen molar-refractivity contribution in [3.63, 3.8) is 0 Å². The molecule has 0 saturated carbocycles. The van der Waals surface area contributed by atoms with Crippen molar-refractivity contribution >= 4 is 0 Å². The topological polar surface area (TPSA) is 68.3 Å². The number of aliphatic hydroxyl groups excluding tert-OH is 1. The van der Waals surface area contributed by atoms with Crippen LogP contribution in [-0.4, -0.2) is 14.9 Å². The molecule has 5 nitrogen and oxygen atoms in total. The van der Waals surface area contributed by atoms with E-state index in [9.17, 15) is 18.7 Å². The number of nitrogens with zero attached hydrogens (tertiary/aromatic N) is 2. The Kier molecular flexibility index (Phi) is 4.03. The Morgan fingerprint density at radius 2 is 1.91 bits per heavy atom. The molecule has 2 aromatic carbocycles. The lowest BCUT2D eigenvalue weighted by molar-refractivity contribution is 0.144. The first-order valence-corrected chi connectivity index (χ1v) is 6.81. The van der Waals surface area contributed by atoms with Gasteiger partial charge in [0.05, 0.1) is 6.54 Å². The highest BCUT2D eigenvalue weighted by atomic mass is 19.1. The first-order chi connectivity index (χ1) is 11.0. The standard InChI is InChI=1S/C16H12F2N2O3/c17-11-6-7-12(13(18)8-11)14(21)9-20-16(22)23-15(19-20)10-4-2-1-3-5-10/h1-8,14,21H,9H2. The smallest absolute Gasteiger partial charge is 0.388 e. The number of aliphatic hydroxyl groups is 1. The molecule has 1 heterocycles. The van der Waals surface area contributed by atoms with Crippen LogP contribution in [0.3, 0.4) is 0 Å². The van der Waals surface area contributed by atoms with E-state index in [2.05, 4.69) is 5.10 Å². The minimum Gasteiger partial charge on any atom is -0.388 e. The fraction of sp³-hybridized carbons (Fsp3) is 0.125. The second-order valence-electron chi connectivity index (χ2n) is 4.90. The molecule has 0 aliphatic heterocycles. The molecule has 3 rings (SSSR count). The van der Waals surface area contributed by atoms with Gasteiger partial charge in [-0.2, -0.15) is 4.68 Å². The van der Waals surface area contributed by atoms with Crippen molar-refractivity contribution in [2.24, 2.45) is 0 Å². The summed E-state index contributed by atoms with van der Waals surface area (Å²) in [6.45, 7) is -0.308. The number of hydrogen-bond acceptors (Lipinski definition) is 4. The molecule has 0 saturated heterocycles. The number of hydrogen-bond donors (Lipinski definition) is 1. The molecule has 3 aromatic rings. The van der Waals surface area contributed by atoms with E-state index in [0.29, 0.717) is 11.6 Å². The van der Waals surface area contributed by atoms with Gasteiger partial charge in [0.2, 0.25) is 5.89 Å². The van der Waals surface area contributed by atoms with E-state index in [1.807, 2.05) is 0 Å². The van der Waals surface area contributed by atoms with Gasteiger partial charge in [-0.1, -0.05) is 24.3 Å². The molecule has 0 bridgehead atoms. The molecule has 0 spiro atoms. The summed E-state index contributed by atoms with van der Waals surface area (Å²) in [6.07, 6.45) is -1.36. The highest BCUT2D eigenvalue weighted by Crippen LogP contribution is 2.20. The predicted octanol–water partition coefficient (Wildman–Crippen LogP) is 2.52. The van der Waals surface area contributed by atoms with E-state index >= 15 is 0 Å². The van der Waals surface area contributed by atoms with Crippen LogP contribution in [0.4, 0.5) is 8.78 Å². The quantitative estimate of drug-likeness (QED) is 0.802. The zero-order chi connectivity index (χ0) is 16.4. The lowest BCUT2D eigenvalue weighted by Gasteiger charge is -2.10. The summed E-state index contributed by atoms with van der Waals surface area (Å²) in [5.74, 6) is -2.31. The number of halogens is 2. The minimum absolute atomic E-state index is 0.0994. The van der Waals surface area contributed by atoms with Gasteiger partial charge in [-0.05, 0) is 18.2 Å². The molecule has 7 heteroatoms. The fourth-order valence-electron chi connectivity index (χ4n) is 2.15. The molecule has 118 valence electrons. The van der Waals surface area contributed by atoms with Crippen LogP contribution < -0.4 is 5.76 Å². The second-order valence-corrected chi connectivity index (χ2v) is 4.90. The van der Waals surface area contributed by atoms with Gasteiger partial charge in [0.25, 0.3) is 0 Å². The molecular formula is C16H12F2N2O3. The van der Waals surface area contributed by atoms with E-state index in [0.717, 1.165) is 16.8 Å². The maximum atomic E-state index is 13.6. The zero-order valence-electron chi connectivity index (χ0n) is 11.8. The number of aromatic nitrogens is 2. The van der Waals surface area contributed by atoms with Crippen molar-refractivity contribution in [3.8, 4) is 11.5 Å². The predicted molar refractivity (Wildman–Crippen MR) is 77.5 cm³/mol. The van der Waals surface area contributed by atoms with Gasteiger partial charge in [-0.25, -0.2) is 13.6 Å². The molecule has 0 fully saturated rings. The van der Waals surface area contributed by atoms with Gasteiger partial charge in [0.15, 0.2) is 0 Å². The largest absolute Gasteiger partial charge is 0.437 e. The lowest BCUT2D eigenvalue weighted by atomic mass is 10.1. The molecule has 0 amide bonds. The minimum atomic E-state index is -1.36. The number of benzene rings is 2. The van der Waals surface area contributed by atoms with Crippen LogP contribution in [0.25, 0.3) is 11.5 Å². The number of rotatable bonds is 4. The van der Waals surface area contributed by atoms with E-state index in [1.165, 1.54) is 0 Å². The van der Waals surface area contributed by atoms with Gasteiger partial charge < -0.3 is 9.52 Å². The van der Waals surface area contributed by atoms with Gasteiger partial charge in [0, 0.05) is 17.2 Å². The third-order valence-corrected chi connectivity index (χ3v) is 3.29. The van der Waals surface area contributed by atoms with Gasteiger partial charge >= 0.3 is 5.76 Å². The SMILES string of the molecule is O=c1oc(-c2ccccc2)nn1CC(O)c1ccc(F)cc1F. The van der Waals surface area contributed by atoms with Crippen LogP contribution in [0.1, 0.15) is 11.7 Å². The van der Waals surface area contributed by atoms with Gasteiger partial charge in [-0.3, -0.25) is 0 Å². The maximum absolute atomic E-state index is 13.6. The maximum Gasteiger partial charge on any atom is 0.437 e. The zero-order valence-corrected chi connectivity index (χ0v) is 11.8. The Bertz CT molecular complexity index is 875. The van der Waals surface area contributed by atoms with Crippen molar-refractivity contribution in [2.45, 2.75) is 12.6 Å². The highest BCUT2D eigenvalue weighted by molar-refractivity contribution is 5.51. The molecule has 0 aliphatic rings. The van der Waals surface area contributed by atoms with E-state index in [4.69, 9.17) is 4.42 Å². The first-order valence-electron chi connectivity index (χ1n) is 6.81. The van der Waals surface area contributed by atoms with Crippen molar-refractivity contribution in [1.82, 2.24) is 9.78 Å². The van der Waals surface area contributed by atoms with Crippen molar-refractivity contribution in [3.05, 3.63) is 76.3 Å². The Morgan fingerprint density at radius 1 is 1.17 bits per heavy atom. The lowest BCUT2D eigenvalue weighted by Crippen LogP contribution is -2.21. The normalized spacial score (nSPS) is 12.3. The summed E-state index contributed by atoms with van der Waals surface area (Å²) in [4.78, 5) is 11.8. The average Bonchev–Trinajstić information content (AvgIpc) is 2.89. The molecule has 1 unspecified atom stereocenters. The van der Waals surface area contributed by atoms with Gasteiger partial charge in [0.1, 0.15) is 17.7 Å². The van der Waals surface area contributed by atoms with E-state index in [1.54, 1.807) is 30.3 Å². The molecular weight excluding hydrogens is 306 g/mol. The molecule has 23 heavy (non-hydrogen) atoms.